The molecule has 1 aromatic heterocycles. The molecule has 166 valence electrons. The summed E-state index contributed by atoms with van der Waals surface area (Å²) in [4.78, 5) is 4.18. The molecule has 2 N–H and O–H groups in total. The van der Waals surface area contributed by atoms with E-state index in [4.69, 9.17) is 0 Å². The van der Waals surface area contributed by atoms with E-state index in [-0.39, 0.29) is 29.7 Å². The Balaban J connectivity index is 0.00000341. The summed E-state index contributed by atoms with van der Waals surface area (Å²) in [5, 5.41) is 10.7. The maximum atomic E-state index is 12.6. The van der Waals surface area contributed by atoms with Gasteiger partial charge in [-0.25, -0.2) is 0 Å². The Morgan fingerprint density at radius 1 is 1.10 bits per heavy atom. The molecule has 0 fully saturated rings. The lowest BCUT2D eigenvalue weighted by molar-refractivity contribution is -0.0504. The molecule has 3 rings (SSSR count). The molecule has 31 heavy (non-hydrogen) atoms. The van der Waals surface area contributed by atoms with Gasteiger partial charge in [-0.15, -0.1) is 24.0 Å². The van der Waals surface area contributed by atoms with E-state index in [0.29, 0.717) is 31.2 Å². The van der Waals surface area contributed by atoms with E-state index < -0.39 is 6.61 Å². The molecule has 0 saturated heterocycles. The van der Waals surface area contributed by atoms with E-state index >= 15 is 0 Å². The number of hydrogen-bond donors (Lipinski definition) is 2. The van der Waals surface area contributed by atoms with Crippen LogP contribution >= 0.6 is 24.0 Å². The molecule has 0 spiro atoms. The Labute approximate surface area is 197 Å². The van der Waals surface area contributed by atoms with Gasteiger partial charge in [0.1, 0.15) is 5.75 Å². The molecule has 0 unspecified atom stereocenters. The van der Waals surface area contributed by atoms with Crippen LogP contribution < -0.4 is 15.4 Å². The van der Waals surface area contributed by atoms with Crippen molar-refractivity contribution in [1.82, 2.24) is 20.4 Å². The van der Waals surface area contributed by atoms with Gasteiger partial charge in [-0.05, 0) is 18.6 Å². The molecule has 9 heteroatoms. The summed E-state index contributed by atoms with van der Waals surface area (Å²) in [6, 6.07) is 15.2. The van der Waals surface area contributed by atoms with Crippen LogP contribution in [-0.4, -0.2) is 29.4 Å². The highest BCUT2D eigenvalue weighted by Crippen LogP contribution is 2.22. The number of aryl methyl sites for hydroxylation is 1. The fourth-order valence-electron chi connectivity index (χ4n) is 3.00. The number of nitrogens with zero attached hydrogens (tertiary/aromatic N) is 3. The minimum Gasteiger partial charge on any atom is -0.434 e. The van der Waals surface area contributed by atoms with Crippen LogP contribution in [0.5, 0.6) is 5.75 Å². The molecule has 0 aliphatic carbocycles. The number of guanidine groups is 1. The highest BCUT2D eigenvalue weighted by Gasteiger charge is 2.10. The number of halogens is 3. The van der Waals surface area contributed by atoms with Crippen LogP contribution in [0.15, 0.2) is 65.9 Å². The van der Waals surface area contributed by atoms with Crippen LogP contribution in [0, 0.1) is 6.92 Å². The van der Waals surface area contributed by atoms with Crippen LogP contribution in [0.25, 0.3) is 0 Å². The van der Waals surface area contributed by atoms with Gasteiger partial charge < -0.3 is 15.4 Å². The number of aliphatic imine (C=N–C) groups is 1. The van der Waals surface area contributed by atoms with E-state index in [1.165, 1.54) is 5.56 Å². The summed E-state index contributed by atoms with van der Waals surface area (Å²) in [6.07, 6.45) is 3.78. The molecule has 0 radical (unpaired) electrons. The van der Waals surface area contributed by atoms with E-state index in [0.717, 1.165) is 11.1 Å². The monoisotopic (exact) mass is 541 g/mol. The molecule has 6 nitrogen and oxygen atoms in total. The minimum absolute atomic E-state index is 0. The quantitative estimate of drug-likeness (QED) is 0.253. The average Bonchev–Trinajstić information content (AvgIpc) is 3.17. The normalized spacial score (nSPS) is 11.2. The van der Waals surface area contributed by atoms with Crippen LogP contribution in [-0.2, 0) is 19.6 Å². The first-order chi connectivity index (χ1) is 14.5. The number of ether oxygens (including phenoxy) is 1. The number of alkyl halides is 2. The zero-order valence-electron chi connectivity index (χ0n) is 17.4. The standard InChI is InChI=1S/C22H25F2N5O.HI/c1-16-8-9-20(30-21(23)24)19(10-16)13-27-22(25-2)26-11-18-12-28-29(15-18)14-17-6-4-3-5-7-17;/h3-10,12,15,21H,11,13-14H2,1-2H3,(H2,25,26,27);1H. The van der Waals surface area contributed by atoms with Crippen LogP contribution in [0.3, 0.4) is 0 Å². The van der Waals surface area contributed by atoms with Gasteiger partial charge in [-0.2, -0.15) is 13.9 Å². The molecule has 0 bridgehead atoms. The zero-order chi connectivity index (χ0) is 21.3. The van der Waals surface area contributed by atoms with E-state index in [1.807, 2.05) is 42.1 Å². The van der Waals surface area contributed by atoms with Gasteiger partial charge >= 0.3 is 6.61 Å². The van der Waals surface area contributed by atoms with E-state index in [2.05, 4.69) is 37.6 Å². The third-order valence-electron chi connectivity index (χ3n) is 4.44. The fourth-order valence-corrected chi connectivity index (χ4v) is 3.00. The highest BCUT2D eigenvalue weighted by atomic mass is 127. The molecule has 0 atom stereocenters. The summed E-state index contributed by atoms with van der Waals surface area (Å²) in [6.45, 7) is 0.569. The molecule has 0 amide bonds. The number of benzene rings is 2. The lowest BCUT2D eigenvalue weighted by atomic mass is 10.1. The van der Waals surface area contributed by atoms with E-state index in [9.17, 15) is 8.78 Å². The van der Waals surface area contributed by atoms with Gasteiger partial charge in [-0.3, -0.25) is 9.67 Å². The number of aromatic nitrogens is 2. The Morgan fingerprint density at radius 2 is 1.84 bits per heavy atom. The molecule has 0 aliphatic rings. The Morgan fingerprint density at radius 3 is 2.55 bits per heavy atom. The second kappa shape index (κ2) is 12.2. The molecule has 1 heterocycles. The Kier molecular flexibility index (Phi) is 9.70. The molecule has 0 saturated carbocycles. The SMILES string of the molecule is CN=C(NCc1cnn(Cc2ccccc2)c1)NCc1cc(C)ccc1OC(F)F.I. The van der Waals surface area contributed by atoms with Crippen molar-refractivity contribution in [3.8, 4) is 5.75 Å². The van der Waals surface area contributed by atoms with Gasteiger partial charge in [-0.1, -0.05) is 48.0 Å². The third kappa shape index (κ3) is 7.82. The first kappa shape index (κ1) is 24.6. The maximum Gasteiger partial charge on any atom is 0.387 e. The van der Waals surface area contributed by atoms with Crippen molar-refractivity contribution in [1.29, 1.82) is 0 Å². The molecule has 3 aromatic rings. The maximum absolute atomic E-state index is 12.6. The third-order valence-corrected chi connectivity index (χ3v) is 4.44. The molecule has 0 aliphatic heterocycles. The Bertz CT molecular complexity index is 979. The van der Waals surface area contributed by atoms with Crippen molar-refractivity contribution < 1.29 is 13.5 Å². The molecule has 2 aromatic carbocycles. The van der Waals surface area contributed by atoms with Gasteiger partial charge in [0.15, 0.2) is 5.96 Å². The first-order valence-corrected chi connectivity index (χ1v) is 9.57. The number of nitrogens with one attached hydrogen (secondary N) is 2. The van der Waals surface area contributed by atoms with Crippen molar-refractivity contribution in [2.24, 2.45) is 4.99 Å². The van der Waals surface area contributed by atoms with Gasteiger partial charge in [0.2, 0.25) is 0 Å². The topological polar surface area (TPSA) is 63.5 Å². The Hall–Kier alpha value is -2.69. The fraction of sp³-hybridized carbons (Fsp3) is 0.273. The van der Waals surface area contributed by atoms with Crippen molar-refractivity contribution >= 4 is 29.9 Å². The molecular weight excluding hydrogens is 515 g/mol. The lowest BCUT2D eigenvalue weighted by Crippen LogP contribution is -2.36. The van der Waals surface area contributed by atoms with Crippen molar-refractivity contribution in [3.05, 3.63) is 83.2 Å². The molecular formula is C22H26F2IN5O. The summed E-state index contributed by atoms with van der Waals surface area (Å²) in [5.41, 5.74) is 3.78. The van der Waals surface area contributed by atoms with Crippen molar-refractivity contribution in [2.45, 2.75) is 33.2 Å². The van der Waals surface area contributed by atoms with Crippen LogP contribution in [0.1, 0.15) is 22.3 Å². The first-order valence-electron chi connectivity index (χ1n) is 9.57. The van der Waals surface area contributed by atoms with E-state index in [1.54, 1.807) is 25.4 Å². The van der Waals surface area contributed by atoms with Crippen molar-refractivity contribution in [3.63, 3.8) is 0 Å². The predicted molar refractivity (Wildman–Crippen MR) is 128 cm³/mol. The van der Waals surface area contributed by atoms with Crippen LogP contribution in [0.2, 0.25) is 0 Å². The predicted octanol–water partition coefficient (Wildman–Crippen LogP) is 4.32. The highest BCUT2D eigenvalue weighted by molar-refractivity contribution is 14.0. The average molecular weight is 541 g/mol. The second-order valence-electron chi connectivity index (χ2n) is 6.80. The summed E-state index contributed by atoms with van der Waals surface area (Å²) in [7, 11) is 1.65. The van der Waals surface area contributed by atoms with Gasteiger partial charge in [0, 0.05) is 37.5 Å². The second-order valence-corrected chi connectivity index (χ2v) is 6.80. The van der Waals surface area contributed by atoms with Gasteiger partial charge in [0.25, 0.3) is 0 Å². The largest absolute Gasteiger partial charge is 0.434 e. The van der Waals surface area contributed by atoms with Crippen molar-refractivity contribution in [2.75, 3.05) is 7.05 Å². The number of hydrogen-bond acceptors (Lipinski definition) is 3. The summed E-state index contributed by atoms with van der Waals surface area (Å²) >= 11 is 0. The number of rotatable bonds is 8. The minimum atomic E-state index is -2.86. The zero-order valence-corrected chi connectivity index (χ0v) is 19.7. The summed E-state index contributed by atoms with van der Waals surface area (Å²) < 4.78 is 31.7. The lowest BCUT2D eigenvalue weighted by Gasteiger charge is -2.15. The van der Waals surface area contributed by atoms with Crippen LogP contribution in [0.4, 0.5) is 8.78 Å². The summed E-state index contributed by atoms with van der Waals surface area (Å²) in [5.74, 6) is 0.705. The van der Waals surface area contributed by atoms with Gasteiger partial charge in [0.05, 0.1) is 12.7 Å². The smallest absolute Gasteiger partial charge is 0.387 e.